The molecule has 0 radical (unpaired) electrons. The standard InChI is InChI=1S/C17H20N4O3/c1-11-13(10-15(22)20-12-5-8-24-9-6-12)17(23)21-16(19-11)14-4-2-3-7-18-14/h2-4,7,12H,5-6,8-10H2,1H3,(H,20,22)(H,19,21,23). The van der Waals surface area contributed by atoms with Crippen LogP contribution in [0.1, 0.15) is 24.1 Å². The van der Waals surface area contributed by atoms with E-state index in [0.717, 1.165) is 12.8 Å². The second-order valence-corrected chi connectivity index (χ2v) is 5.82. The minimum absolute atomic E-state index is 0.0218. The molecule has 0 aliphatic carbocycles. The van der Waals surface area contributed by atoms with Crippen LogP contribution in [-0.4, -0.2) is 40.1 Å². The Labute approximate surface area is 139 Å². The summed E-state index contributed by atoms with van der Waals surface area (Å²) in [7, 11) is 0. The van der Waals surface area contributed by atoms with Crippen LogP contribution in [0.4, 0.5) is 0 Å². The summed E-state index contributed by atoms with van der Waals surface area (Å²) in [4.78, 5) is 35.8. The van der Waals surface area contributed by atoms with Crippen LogP contribution in [0.2, 0.25) is 0 Å². The van der Waals surface area contributed by atoms with E-state index in [4.69, 9.17) is 4.74 Å². The van der Waals surface area contributed by atoms with Gasteiger partial charge in [0.15, 0.2) is 5.82 Å². The van der Waals surface area contributed by atoms with Crippen molar-refractivity contribution < 1.29 is 9.53 Å². The van der Waals surface area contributed by atoms with Gasteiger partial charge >= 0.3 is 0 Å². The molecule has 1 fully saturated rings. The molecule has 0 aromatic carbocycles. The Morgan fingerprint density at radius 1 is 1.38 bits per heavy atom. The molecule has 2 N–H and O–H groups in total. The number of nitrogens with zero attached hydrogens (tertiary/aromatic N) is 2. The molecule has 126 valence electrons. The van der Waals surface area contributed by atoms with E-state index in [0.29, 0.717) is 36.0 Å². The summed E-state index contributed by atoms with van der Waals surface area (Å²) in [5, 5.41) is 2.96. The Hall–Kier alpha value is -2.54. The Morgan fingerprint density at radius 2 is 2.17 bits per heavy atom. The van der Waals surface area contributed by atoms with Crippen LogP contribution in [-0.2, 0) is 16.0 Å². The molecule has 7 nitrogen and oxygen atoms in total. The third kappa shape index (κ3) is 3.86. The van der Waals surface area contributed by atoms with E-state index < -0.39 is 0 Å². The number of hydrogen-bond donors (Lipinski definition) is 2. The lowest BCUT2D eigenvalue weighted by molar-refractivity contribution is -0.121. The fraction of sp³-hybridized carbons (Fsp3) is 0.412. The number of amides is 1. The lowest BCUT2D eigenvalue weighted by Crippen LogP contribution is -2.40. The van der Waals surface area contributed by atoms with Crippen molar-refractivity contribution in [2.45, 2.75) is 32.2 Å². The van der Waals surface area contributed by atoms with Gasteiger partial charge in [-0.05, 0) is 31.9 Å². The number of nitrogens with one attached hydrogen (secondary N) is 2. The molecule has 1 saturated heterocycles. The molecule has 0 atom stereocenters. The van der Waals surface area contributed by atoms with Gasteiger partial charge in [0.05, 0.1) is 6.42 Å². The fourth-order valence-electron chi connectivity index (χ4n) is 2.72. The van der Waals surface area contributed by atoms with E-state index in [1.54, 1.807) is 25.3 Å². The van der Waals surface area contributed by atoms with Crippen molar-refractivity contribution in [3.05, 3.63) is 46.0 Å². The predicted molar refractivity (Wildman–Crippen MR) is 88.5 cm³/mol. The first-order chi connectivity index (χ1) is 11.6. The van der Waals surface area contributed by atoms with Crippen molar-refractivity contribution >= 4 is 5.91 Å². The van der Waals surface area contributed by atoms with Crippen molar-refractivity contribution in [3.8, 4) is 11.5 Å². The molecule has 1 aliphatic heterocycles. The summed E-state index contributed by atoms with van der Waals surface area (Å²) in [6, 6.07) is 5.51. The first-order valence-corrected chi connectivity index (χ1v) is 8.02. The minimum Gasteiger partial charge on any atom is -0.381 e. The molecular formula is C17H20N4O3. The van der Waals surface area contributed by atoms with Crippen LogP contribution in [0.15, 0.2) is 29.2 Å². The Balaban J connectivity index is 1.74. The molecule has 2 aromatic heterocycles. The number of carbonyl (C=O) groups is 1. The maximum absolute atomic E-state index is 12.3. The van der Waals surface area contributed by atoms with Gasteiger partial charge in [-0.15, -0.1) is 0 Å². The molecule has 0 bridgehead atoms. The Kier molecular flexibility index (Phi) is 5.00. The van der Waals surface area contributed by atoms with Crippen LogP contribution in [0.3, 0.4) is 0 Å². The van der Waals surface area contributed by atoms with Gasteiger partial charge in [0.25, 0.3) is 5.56 Å². The molecule has 3 heterocycles. The third-order valence-electron chi connectivity index (χ3n) is 4.05. The number of hydrogen-bond acceptors (Lipinski definition) is 5. The highest BCUT2D eigenvalue weighted by atomic mass is 16.5. The van der Waals surface area contributed by atoms with Crippen molar-refractivity contribution in [2.75, 3.05) is 13.2 Å². The van der Waals surface area contributed by atoms with Gasteiger partial charge in [-0.2, -0.15) is 0 Å². The average molecular weight is 328 g/mol. The number of pyridine rings is 1. The van der Waals surface area contributed by atoms with E-state index in [9.17, 15) is 9.59 Å². The predicted octanol–water partition coefficient (Wildman–Crippen LogP) is 0.978. The van der Waals surface area contributed by atoms with Crippen molar-refractivity contribution in [2.24, 2.45) is 0 Å². The quantitative estimate of drug-likeness (QED) is 0.872. The van der Waals surface area contributed by atoms with Crippen LogP contribution >= 0.6 is 0 Å². The zero-order valence-corrected chi connectivity index (χ0v) is 13.5. The van der Waals surface area contributed by atoms with Crippen molar-refractivity contribution in [3.63, 3.8) is 0 Å². The zero-order valence-electron chi connectivity index (χ0n) is 13.5. The second kappa shape index (κ2) is 7.35. The number of aromatic amines is 1. The van der Waals surface area contributed by atoms with Crippen LogP contribution in [0, 0.1) is 6.92 Å². The lowest BCUT2D eigenvalue weighted by atomic mass is 10.1. The molecule has 1 aliphatic rings. The maximum Gasteiger partial charge on any atom is 0.255 e. The number of carbonyl (C=O) groups excluding carboxylic acids is 1. The largest absolute Gasteiger partial charge is 0.381 e. The summed E-state index contributed by atoms with van der Waals surface area (Å²) < 4.78 is 5.27. The average Bonchev–Trinajstić information content (AvgIpc) is 2.59. The van der Waals surface area contributed by atoms with Gasteiger partial charge in [-0.25, -0.2) is 4.98 Å². The smallest absolute Gasteiger partial charge is 0.255 e. The first kappa shape index (κ1) is 16.3. The Bertz CT molecular complexity index is 767. The fourth-order valence-corrected chi connectivity index (χ4v) is 2.72. The van der Waals surface area contributed by atoms with E-state index >= 15 is 0 Å². The molecule has 3 rings (SSSR count). The third-order valence-corrected chi connectivity index (χ3v) is 4.05. The van der Waals surface area contributed by atoms with E-state index in [-0.39, 0.29) is 23.9 Å². The second-order valence-electron chi connectivity index (χ2n) is 5.82. The molecule has 0 saturated carbocycles. The van der Waals surface area contributed by atoms with E-state index in [2.05, 4.69) is 20.3 Å². The highest BCUT2D eigenvalue weighted by Gasteiger charge is 2.18. The van der Waals surface area contributed by atoms with Crippen LogP contribution < -0.4 is 10.9 Å². The van der Waals surface area contributed by atoms with Gasteiger partial charge in [-0.1, -0.05) is 6.07 Å². The summed E-state index contributed by atoms with van der Waals surface area (Å²) in [5.74, 6) is 0.245. The molecule has 0 spiro atoms. The SMILES string of the molecule is Cc1nc(-c2ccccn2)[nH]c(=O)c1CC(=O)NC1CCOCC1. The van der Waals surface area contributed by atoms with E-state index in [1.807, 2.05) is 6.07 Å². The highest BCUT2D eigenvalue weighted by molar-refractivity contribution is 5.79. The molecule has 2 aromatic rings. The monoisotopic (exact) mass is 328 g/mol. The summed E-state index contributed by atoms with van der Waals surface area (Å²) in [6.45, 7) is 3.05. The van der Waals surface area contributed by atoms with Gasteiger partial charge in [0.2, 0.25) is 5.91 Å². The number of rotatable bonds is 4. The number of ether oxygens (including phenoxy) is 1. The van der Waals surface area contributed by atoms with Crippen LogP contribution in [0.25, 0.3) is 11.5 Å². The lowest BCUT2D eigenvalue weighted by Gasteiger charge is -2.23. The van der Waals surface area contributed by atoms with E-state index in [1.165, 1.54) is 0 Å². The normalized spacial score (nSPS) is 15.2. The zero-order chi connectivity index (χ0) is 16.9. The van der Waals surface area contributed by atoms with Crippen molar-refractivity contribution in [1.82, 2.24) is 20.3 Å². The molecule has 1 amide bonds. The van der Waals surface area contributed by atoms with Gasteiger partial charge < -0.3 is 15.0 Å². The minimum atomic E-state index is -0.301. The number of aromatic nitrogens is 3. The first-order valence-electron chi connectivity index (χ1n) is 8.02. The maximum atomic E-state index is 12.3. The summed E-state index contributed by atoms with van der Waals surface area (Å²) >= 11 is 0. The topological polar surface area (TPSA) is 97.0 Å². The molecular weight excluding hydrogens is 308 g/mol. The molecule has 7 heteroatoms. The molecule has 24 heavy (non-hydrogen) atoms. The van der Waals surface area contributed by atoms with Gasteiger partial charge in [-0.3, -0.25) is 14.6 Å². The summed E-state index contributed by atoms with van der Waals surface area (Å²) in [5.41, 5.74) is 1.22. The van der Waals surface area contributed by atoms with Crippen molar-refractivity contribution in [1.29, 1.82) is 0 Å². The Morgan fingerprint density at radius 3 is 2.83 bits per heavy atom. The molecule has 0 unspecified atom stereocenters. The van der Waals surface area contributed by atoms with Gasteiger partial charge in [0, 0.05) is 36.7 Å². The number of H-pyrrole nitrogens is 1. The summed E-state index contributed by atoms with van der Waals surface area (Å²) in [6.07, 6.45) is 3.27. The number of aryl methyl sites for hydroxylation is 1. The van der Waals surface area contributed by atoms with Crippen LogP contribution in [0.5, 0.6) is 0 Å². The van der Waals surface area contributed by atoms with Gasteiger partial charge in [0.1, 0.15) is 5.69 Å². The highest BCUT2D eigenvalue weighted by Crippen LogP contribution is 2.11.